The standard InChI is InChI=1S/C15H15N5OS/c1-11-13(9-12-5-3-2-4-6-12)22-15(17-11)18-14(21)10-20-8-7-16-19-20/h2-8H,9-10H2,1H3,(H,17,18,21). The summed E-state index contributed by atoms with van der Waals surface area (Å²) in [6.07, 6.45) is 4.01. The minimum atomic E-state index is -0.162. The second-order valence-corrected chi connectivity index (χ2v) is 5.92. The minimum absolute atomic E-state index is 0.132. The van der Waals surface area contributed by atoms with E-state index in [0.29, 0.717) is 5.13 Å². The van der Waals surface area contributed by atoms with E-state index in [-0.39, 0.29) is 12.5 Å². The van der Waals surface area contributed by atoms with E-state index in [1.54, 1.807) is 12.4 Å². The van der Waals surface area contributed by atoms with E-state index in [4.69, 9.17) is 0 Å². The average Bonchev–Trinajstić information content (AvgIpc) is 3.11. The molecule has 3 rings (SSSR count). The summed E-state index contributed by atoms with van der Waals surface area (Å²) >= 11 is 1.51. The zero-order valence-corrected chi connectivity index (χ0v) is 12.9. The van der Waals surface area contributed by atoms with Crippen LogP contribution in [0.1, 0.15) is 16.1 Å². The van der Waals surface area contributed by atoms with Gasteiger partial charge >= 0.3 is 0 Å². The first-order valence-electron chi connectivity index (χ1n) is 6.85. The van der Waals surface area contributed by atoms with Crippen LogP contribution >= 0.6 is 11.3 Å². The van der Waals surface area contributed by atoms with Gasteiger partial charge in [-0.3, -0.25) is 4.79 Å². The molecule has 0 aliphatic carbocycles. The van der Waals surface area contributed by atoms with Crippen LogP contribution < -0.4 is 5.32 Å². The van der Waals surface area contributed by atoms with Gasteiger partial charge in [0.05, 0.1) is 11.9 Å². The number of amides is 1. The van der Waals surface area contributed by atoms with Crippen LogP contribution in [-0.2, 0) is 17.8 Å². The number of benzene rings is 1. The first-order valence-corrected chi connectivity index (χ1v) is 7.66. The number of thiazole rings is 1. The molecule has 1 amide bonds. The van der Waals surface area contributed by atoms with Crippen LogP contribution in [0, 0.1) is 6.92 Å². The van der Waals surface area contributed by atoms with Gasteiger partial charge in [-0.2, -0.15) is 0 Å². The highest BCUT2D eigenvalue weighted by molar-refractivity contribution is 7.15. The molecule has 2 aromatic heterocycles. The van der Waals surface area contributed by atoms with Gasteiger partial charge in [-0.15, -0.1) is 16.4 Å². The van der Waals surface area contributed by atoms with Crippen molar-refractivity contribution in [1.82, 2.24) is 20.0 Å². The Kier molecular flexibility index (Phi) is 4.24. The number of nitrogens with one attached hydrogen (secondary N) is 1. The van der Waals surface area contributed by atoms with Gasteiger partial charge in [0, 0.05) is 17.5 Å². The number of hydrogen-bond donors (Lipinski definition) is 1. The van der Waals surface area contributed by atoms with Crippen molar-refractivity contribution in [3.63, 3.8) is 0 Å². The molecule has 0 bridgehead atoms. The quantitative estimate of drug-likeness (QED) is 0.784. The Morgan fingerprint density at radius 2 is 2.14 bits per heavy atom. The lowest BCUT2D eigenvalue weighted by molar-refractivity contribution is -0.116. The lowest BCUT2D eigenvalue weighted by Gasteiger charge is -2.00. The second-order valence-electron chi connectivity index (χ2n) is 4.84. The molecule has 0 saturated heterocycles. The maximum atomic E-state index is 11.9. The number of nitrogens with zero attached hydrogens (tertiary/aromatic N) is 4. The van der Waals surface area contributed by atoms with Crippen molar-refractivity contribution in [3.8, 4) is 0 Å². The summed E-state index contributed by atoms with van der Waals surface area (Å²) in [4.78, 5) is 17.5. The number of carbonyl (C=O) groups excluding carboxylic acids is 1. The predicted octanol–water partition coefficient (Wildman–Crippen LogP) is 2.27. The third kappa shape index (κ3) is 3.56. The average molecular weight is 313 g/mol. The molecular weight excluding hydrogens is 298 g/mol. The number of anilines is 1. The van der Waals surface area contributed by atoms with Crippen LogP contribution in [0.5, 0.6) is 0 Å². The third-order valence-electron chi connectivity index (χ3n) is 3.12. The Morgan fingerprint density at radius 3 is 2.86 bits per heavy atom. The molecule has 0 aliphatic heterocycles. The molecule has 7 heteroatoms. The second kappa shape index (κ2) is 6.48. The van der Waals surface area contributed by atoms with E-state index < -0.39 is 0 Å². The molecule has 1 N–H and O–H groups in total. The van der Waals surface area contributed by atoms with Gasteiger partial charge in [0.1, 0.15) is 6.54 Å². The molecule has 22 heavy (non-hydrogen) atoms. The molecule has 112 valence electrons. The maximum Gasteiger partial charge on any atom is 0.247 e. The zero-order chi connectivity index (χ0) is 15.4. The molecule has 0 atom stereocenters. The summed E-state index contributed by atoms with van der Waals surface area (Å²) in [6, 6.07) is 10.2. The van der Waals surface area contributed by atoms with E-state index >= 15 is 0 Å². The summed E-state index contributed by atoms with van der Waals surface area (Å²) in [5, 5.41) is 10.9. The van der Waals surface area contributed by atoms with Crippen LogP contribution in [0.3, 0.4) is 0 Å². The molecule has 0 saturated carbocycles. The Bertz CT molecular complexity index is 752. The Hall–Kier alpha value is -2.54. The van der Waals surface area contributed by atoms with E-state index in [9.17, 15) is 4.79 Å². The number of aryl methyl sites for hydroxylation is 1. The summed E-state index contributed by atoms with van der Waals surface area (Å²) in [6.45, 7) is 2.09. The highest BCUT2D eigenvalue weighted by Gasteiger charge is 2.11. The van der Waals surface area contributed by atoms with Gasteiger partial charge in [-0.1, -0.05) is 35.5 Å². The molecule has 1 aromatic carbocycles. The highest BCUT2D eigenvalue weighted by Crippen LogP contribution is 2.25. The van der Waals surface area contributed by atoms with Gasteiger partial charge < -0.3 is 5.32 Å². The lowest BCUT2D eigenvalue weighted by Crippen LogP contribution is -2.19. The Morgan fingerprint density at radius 1 is 1.32 bits per heavy atom. The number of carbonyl (C=O) groups is 1. The van der Waals surface area contributed by atoms with E-state index in [0.717, 1.165) is 17.0 Å². The molecule has 3 aromatic rings. The van der Waals surface area contributed by atoms with E-state index in [2.05, 4.69) is 32.7 Å². The molecule has 0 aliphatic rings. The van der Waals surface area contributed by atoms with Gasteiger partial charge in [-0.05, 0) is 12.5 Å². The van der Waals surface area contributed by atoms with Crippen LogP contribution in [0.25, 0.3) is 0 Å². The van der Waals surface area contributed by atoms with E-state index in [1.165, 1.54) is 21.6 Å². The summed E-state index contributed by atoms with van der Waals surface area (Å²) in [5.41, 5.74) is 2.18. The molecule has 0 radical (unpaired) electrons. The maximum absolute atomic E-state index is 11.9. The third-order valence-corrected chi connectivity index (χ3v) is 4.20. The SMILES string of the molecule is Cc1nc(NC(=O)Cn2ccnn2)sc1Cc1ccccc1. The number of hydrogen-bond acceptors (Lipinski definition) is 5. The fourth-order valence-corrected chi connectivity index (χ4v) is 3.06. The van der Waals surface area contributed by atoms with Crippen molar-refractivity contribution in [2.75, 3.05) is 5.32 Å². The lowest BCUT2D eigenvalue weighted by atomic mass is 10.1. The monoisotopic (exact) mass is 313 g/mol. The topological polar surface area (TPSA) is 72.7 Å². The fourth-order valence-electron chi connectivity index (χ4n) is 2.05. The first-order chi connectivity index (χ1) is 10.7. The molecule has 2 heterocycles. The summed E-state index contributed by atoms with van der Waals surface area (Å²) in [5.74, 6) is -0.162. The van der Waals surface area contributed by atoms with Crippen molar-refractivity contribution < 1.29 is 4.79 Å². The zero-order valence-electron chi connectivity index (χ0n) is 12.1. The number of aromatic nitrogens is 4. The van der Waals surface area contributed by atoms with Gasteiger partial charge in [0.15, 0.2) is 5.13 Å². The predicted molar refractivity (Wildman–Crippen MR) is 84.8 cm³/mol. The fraction of sp³-hybridized carbons (Fsp3) is 0.200. The molecule has 0 fully saturated rings. The molecular formula is C15H15N5OS. The minimum Gasteiger partial charge on any atom is -0.300 e. The number of rotatable bonds is 5. The van der Waals surface area contributed by atoms with Crippen molar-refractivity contribution in [2.45, 2.75) is 19.9 Å². The smallest absolute Gasteiger partial charge is 0.247 e. The van der Waals surface area contributed by atoms with Crippen LogP contribution in [0.2, 0.25) is 0 Å². The van der Waals surface area contributed by atoms with Crippen LogP contribution in [0.15, 0.2) is 42.7 Å². The largest absolute Gasteiger partial charge is 0.300 e. The van der Waals surface area contributed by atoms with Crippen molar-refractivity contribution >= 4 is 22.4 Å². The molecule has 0 spiro atoms. The van der Waals surface area contributed by atoms with Gasteiger partial charge in [-0.25, -0.2) is 9.67 Å². The van der Waals surface area contributed by atoms with Crippen molar-refractivity contribution in [2.24, 2.45) is 0 Å². The first kappa shape index (κ1) is 14.4. The van der Waals surface area contributed by atoms with Gasteiger partial charge in [0.25, 0.3) is 0 Å². The Balaban J connectivity index is 1.65. The Labute approximate surface area is 131 Å². The molecule has 0 unspecified atom stereocenters. The van der Waals surface area contributed by atoms with Crippen LogP contribution in [0.4, 0.5) is 5.13 Å². The highest BCUT2D eigenvalue weighted by atomic mass is 32.1. The van der Waals surface area contributed by atoms with Crippen molar-refractivity contribution in [3.05, 3.63) is 58.9 Å². The summed E-state index contributed by atoms with van der Waals surface area (Å²) in [7, 11) is 0. The van der Waals surface area contributed by atoms with Crippen molar-refractivity contribution in [1.29, 1.82) is 0 Å². The summed E-state index contributed by atoms with van der Waals surface area (Å²) < 4.78 is 1.47. The molecule has 6 nitrogen and oxygen atoms in total. The van der Waals surface area contributed by atoms with Crippen LogP contribution in [-0.4, -0.2) is 25.9 Å². The van der Waals surface area contributed by atoms with Gasteiger partial charge in [0.2, 0.25) is 5.91 Å². The normalized spacial score (nSPS) is 10.6. The van der Waals surface area contributed by atoms with E-state index in [1.807, 2.05) is 25.1 Å².